The number of carbonyl (C=O) groups is 3. The van der Waals surface area contributed by atoms with Crippen molar-refractivity contribution in [3.8, 4) is 11.4 Å². The number of hydrogen-bond acceptors (Lipinski definition) is 5. The van der Waals surface area contributed by atoms with E-state index in [0.29, 0.717) is 4.90 Å². The molecule has 0 spiro atoms. The van der Waals surface area contributed by atoms with Gasteiger partial charge in [0.2, 0.25) is 5.91 Å². The molecule has 34 heavy (non-hydrogen) atoms. The highest BCUT2D eigenvalue weighted by molar-refractivity contribution is 6.09. The van der Waals surface area contributed by atoms with Crippen molar-refractivity contribution >= 4 is 29.1 Å². The number of ether oxygens (including phenoxy) is 1. The third kappa shape index (κ3) is 3.68. The van der Waals surface area contributed by atoms with E-state index in [1.165, 1.54) is 24.3 Å². The summed E-state index contributed by atoms with van der Waals surface area (Å²) in [5.41, 5.74) is 1.14. The number of nitrogens with two attached hydrogens (primary N) is 1. The van der Waals surface area contributed by atoms with Crippen LogP contribution in [0.15, 0.2) is 48.4 Å². The number of rotatable bonds is 5. The molecule has 9 nitrogen and oxygen atoms in total. The van der Waals surface area contributed by atoms with Gasteiger partial charge in [-0.15, -0.1) is 0 Å². The van der Waals surface area contributed by atoms with Crippen LogP contribution in [0.4, 0.5) is 11.4 Å². The van der Waals surface area contributed by atoms with E-state index in [-0.39, 0.29) is 35.6 Å². The molecule has 1 aromatic heterocycles. The van der Waals surface area contributed by atoms with Gasteiger partial charge in [0.05, 0.1) is 25.1 Å². The molecule has 0 atom stereocenters. The number of hydrogen-bond donors (Lipinski definition) is 1. The lowest BCUT2D eigenvalue weighted by Crippen LogP contribution is -2.39. The number of anilines is 2. The smallest absolute Gasteiger partial charge is 0.277 e. The number of piperidine rings is 1. The third-order valence-electron chi connectivity index (χ3n) is 5.15. The van der Waals surface area contributed by atoms with Gasteiger partial charge in [0.25, 0.3) is 11.8 Å². The molecule has 2 aliphatic heterocycles. The van der Waals surface area contributed by atoms with Crippen molar-refractivity contribution in [2.75, 3.05) is 29.8 Å². The van der Waals surface area contributed by atoms with Gasteiger partial charge in [-0.2, -0.15) is 5.10 Å². The summed E-state index contributed by atoms with van der Waals surface area (Å²) in [4.78, 5) is 40.0. The average Bonchev–Trinajstić information content (AvgIpc) is 3.36. The maximum Gasteiger partial charge on any atom is 0.277 e. The van der Waals surface area contributed by atoms with Crippen LogP contribution in [0.3, 0.4) is 0 Å². The molecular weight excluding hydrogens is 434 g/mol. The van der Waals surface area contributed by atoms with Crippen molar-refractivity contribution in [3.05, 3.63) is 65.4 Å². The summed E-state index contributed by atoms with van der Waals surface area (Å²) in [7, 11) is -2.81. The maximum atomic E-state index is 14.3. The van der Waals surface area contributed by atoms with Crippen LogP contribution in [0.2, 0.25) is 0 Å². The van der Waals surface area contributed by atoms with Crippen molar-refractivity contribution in [1.82, 2.24) is 9.78 Å². The fourth-order valence-corrected chi connectivity index (χ4v) is 3.53. The molecule has 0 aliphatic carbocycles. The Morgan fingerprint density at radius 2 is 1.76 bits per heavy atom. The highest BCUT2D eigenvalue weighted by atomic mass is 16.5. The number of fused-ring (bicyclic) bond motifs is 1. The molecular formula is C25H25N5O4. The van der Waals surface area contributed by atoms with E-state index < -0.39 is 96.6 Å². The Balaban J connectivity index is 1.76. The zero-order valence-corrected chi connectivity index (χ0v) is 17.4. The van der Waals surface area contributed by atoms with Gasteiger partial charge in [-0.3, -0.25) is 14.4 Å². The van der Waals surface area contributed by atoms with Gasteiger partial charge in [0.1, 0.15) is 11.4 Å². The third-order valence-corrected chi connectivity index (χ3v) is 5.15. The summed E-state index contributed by atoms with van der Waals surface area (Å²) in [5, 5.41) is 3.97. The number of primary amides is 1. The Labute approximate surface area is 215 Å². The maximum absolute atomic E-state index is 14.3. The van der Waals surface area contributed by atoms with Crippen molar-refractivity contribution in [1.29, 1.82) is 0 Å². The van der Waals surface area contributed by atoms with Crippen LogP contribution in [-0.2, 0) is 11.2 Å². The van der Waals surface area contributed by atoms with E-state index >= 15 is 0 Å². The van der Waals surface area contributed by atoms with E-state index in [4.69, 9.17) is 28.3 Å². The number of nitrogens with zero attached hydrogens (tertiary/aromatic N) is 4. The number of benzene rings is 2. The number of aromatic nitrogens is 2. The van der Waals surface area contributed by atoms with Crippen LogP contribution in [0.25, 0.3) is 5.69 Å². The zero-order chi connectivity index (χ0) is 35.2. The monoisotopic (exact) mass is 472 g/mol. The molecule has 3 aromatic rings. The summed E-state index contributed by atoms with van der Waals surface area (Å²) in [6, 6.07) is 0.573. The Morgan fingerprint density at radius 3 is 2.41 bits per heavy atom. The molecule has 5 rings (SSSR count). The number of methoxy groups -OCH3 is 1. The predicted octanol–water partition coefficient (Wildman–Crippen LogP) is 2.70. The van der Waals surface area contributed by atoms with Gasteiger partial charge in [-0.25, -0.2) is 4.68 Å². The molecule has 3 heterocycles. The predicted molar refractivity (Wildman–Crippen MR) is 127 cm³/mol. The van der Waals surface area contributed by atoms with Crippen LogP contribution in [0.5, 0.6) is 5.75 Å². The first-order chi connectivity index (χ1) is 21.5. The van der Waals surface area contributed by atoms with Crippen molar-refractivity contribution < 1.29 is 36.9 Å². The van der Waals surface area contributed by atoms with E-state index in [2.05, 4.69) is 5.10 Å². The molecule has 2 aliphatic rings. The average molecular weight is 473 g/mol. The SMILES string of the molecule is [2H]c1c([2H])c(N2C(=O)c3c(c(C(N)=O)nn3-c3ccc(OC([2H])([2H])[2H])cc3)C([2H])([2H])C2([2H])[2H])c([2H])c([2H])c1N1C(=O)CCCC1([2H])[2H]. The lowest BCUT2D eigenvalue weighted by atomic mass is 10.0. The summed E-state index contributed by atoms with van der Waals surface area (Å²) >= 11 is 0. The second-order valence-electron chi connectivity index (χ2n) is 7.26. The lowest BCUT2D eigenvalue weighted by Gasteiger charge is -2.29. The zero-order valence-electron chi connectivity index (χ0n) is 30.4. The highest BCUT2D eigenvalue weighted by Crippen LogP contribution is 2.31. The summed E-state index contributed by atoms with van der Waals surface area (Å²) < 4.78 is 114. The van der Waals surface area contributed by atoms with Gasteiger partial charge in [-0.05, 0) is 67.6 Å². The van der Waals surface area contributed by atoms with Gasteiger partial charge >= 0.3 is 0 Å². The minimum atomic E-state index is -3.52. The standard InChI is InChI=1S/C25H25N5O4/c1-34-19-11-9-18(10-12-19)30-23-20(22(27-30)24(26)32)13-15-29(25(23)33)17-7-5-16(6-8-17)28-14-3-2-4-21(28)31/h5-12H,2-4,13-15H2,1H3,(H2,26,32)/i1D3,5D,6D,7D,8D,13D2,14D2,15D2. The van der Waals surface area contributed by atoms with Crippen molar-refractivity contribution in [2.45, 2.75) is 25.6 Å². The molecule has 0 bridgehead atoms. The lowest BCUT2D eigenvalue weighted by molar-refractivity contribution is -0.119. The molecule has 9 heteroatoms. The minimum Gasteiger partial charge on any atom is -0.497 e. The second-order valence-corrected chi connectivity index (χ2v) is 7.26. The largest absolute Gasteiger partial charge is 0.497 e. The quantitative estimate of drug-likeness (QED) is 0.614. The van der Waals surface area contributed by atoms with Gasteiger partial charge in [0, 0.05) is 41.8 Å². The molecule has 2 N–H and O–H groups in total. The van der Waals surface area contributed by atoms with Crippen LogP contribution in [0, 0.1) is 0 Å². The Hall–Kier alpha value is -4.14. The molecule has 0 radical (unpaired) electrons. The minimum absolute atomic E-state index is 0.0571. The molecule has 1 saturated heterocycles. The van der Waals surface area contributed by atoms with Crippen LogP contribution < -0.4 is 20.3 Å². The Morgan fingerprint density at radius 1 is 1.06 bits per heavy atom. The van der Waals surface area contributed by atoms with E-state index in [0.717, 1.165) is 4.68 Å². The summed E-state index contributed by atoms with van der Waals surface area (Å²) in [6.07, 6.45) is -3.50. The fraction of sp³-hybridized carbons (Fsp3) is 0.280. The van der Waals surface area contributed by atoms with Gasteiger partial charge < -0.3 is 20.3 Å². The summed E-state index contributed by atoms with van der Waals surface area (Å²) in [5.74, 6) is -3.75. The van der Waals surface area contributed by atoms with Crippen molar-refractivity contribution in [2.24, 2.45) is 5.73 Å². The second kappa shape index (κ2) is 8.66. The van der Waals surface area contributed by atoms with E-state index in [1.54, 1.807) is 0 Å². The molecule has 0 unspecified atom stereocenters. The number of amides is 3. The van der Waals surface area contributed by atoms with Gasteiger partial charge in [0.15, 0.2) is 5.69 Å². The molecule has 0 saturated carbocycles. The molecule has 3 amide bonds. The Kier molecular flexibility index (Phi) is 2.88. The van der Waals surface area contributed by atoms with E-state index in [9.17, 15) is 14.4 Å². The van der Waals surface area contributed by atoms with Crippen LogP contribution >= 0.6 is 0 Å². The fourth-order valence-electron chi connectivity index (χ4n) is 3.53. The molecule has 174 valence electrons. The number of carbonyl (C=O) groups excluding carboxylic acids is 3. The van der Waals surface area contributed by atoms with Gasteiger partial charge in [-0.1, -0.05) is 0 Å². The first kappa shape index (κ1) is 11.3. The van der Waals surface area contributed by atoms with Crippen molar-refractivity contribution in [3.63, 3.8) is 0 Å². The summed E-state index contributed by atoms with van der Waals surface area (Å²) in [6.45, 7) is -5.92. The first-order valence-corrected chi connectivity index (χ1v) is 10.1. The Bertz CT molecular complexity index is 1810. The normalized spacial score (nSPS) is 26.3. The molecule has 1 fully saturated rings. The van der Waals surface area contributed by atoms with Crippen LogP contribution in [-0.4, -0.2) is 47.5 Å². The topological polar surface area (TPSA) is 111 Å². The first-order valence-electron chi connectivity index (χ1n) is 16.6. The van der Waals surface area contributed by atoms with Crippen LogP contribution in [0.1, 0.15) is 63.6 Å². The highest BCUT2D eigenvalue weighted by Gasteiger charge is 2.34. The molecule has 2 aromatic carbocycles. The van der Waals surface area contributed by atoms with E-state index in [1.807, 2.05) is 0 Å².